The highest BCUT2D eigenvalue weighted by Crippen LogP contribution is 2.28. The molecule has 5 nitrogen and oxygen atoms in total. The summed E-state index contributed by atoms with van der Waals surface area (Å²) in [4.78, 5) is 24.9. The Labute approximate surface area is 179 Å². The fourth-order valence-electron chi connectivity index (χ4n) is 3.40. The van der Waals surface area contributed by atoms with Gasteiger partial charge in [-0.25, -0.2) is 0 Å². The Morgan fingerprint density at radius 3 is 2.13 bits per heavy atom. The fourth-order valence-corrected chi connectivity index (χ4v) is 3.40. The van der Waals surface area contributed by atoms with Gasteiger partial charge in [-0.1, -0.05) is 74.9 Å². The van der Waals surface area contributed by atoms with Crippen LogP contribution in [0.2, 0.25) is 0 Å². The molecule has 2 rings (SSSR count). The molecule has 2 aromatic carbocycles. The third-order valence-corrected chi connectivity index (χ3v) is 5.12. The average Bonchev–Trinajstić information content (AvgIpc) is 2.75. The number of hydrogen-bond acceptors (Lipinski definition) is 5. The van der Waals surface area contributed by atoms with Crippen LogP contribution in [0.1, 0.15) is 51.5 Å². The van der Waals surface area contributed by atoms with E-state index in [1.165, 1.54) is 0 Å². The zero-order chi connectivity index (χ0) is 21.9. The van der Waals surface area contributed by atoms with Crippen molar-refractivity contribution in [3.8, 4) is 11.1 Å². The lowest BCUT2D eigenvalue weighted by Crippen LogP contribution is -2.37. The van der Waals surface area contributed by atoms with Gasteiger partial charge in [0.2, 0.25) is 0 Å². The predicted octanol–water partition coefficient (Wildman–Crippen LogP) is 4.70. The number of ether oxygens (including phenoxy) is 2. The first-order valence-electron chi connectivity index (χ1n) is 10.7. The van der Waals surface area contributed by atoms with E-state index in [9.17, 15) is 9.59 Å². The van der Waals surface area contributed by atoms with Crippen molar-refractivity contribution >= 4 is 11.9 Å². The highest BCUT2D eigenvalue weighted by Gasteiger charge is 2.31. The van der Waals surface area contributed by atoms with Crippen LogP contribution in [0.15, 0.2) is 54.6 Å². The number of unbranched alkanes of at least 4 members (excludes halogenated alkanes) is 1. The normalized spacial score (nSPS) is 13.9. The van der Waals surface area contributed by atoms with Crippen molar-refractivity contribution in [1.29, 1.82) is 0 Å². The van der Waals surface area contributed by atoms with E-state index in [0.29, 0.717) is 19.6 Å². The third-order valence-electron chi connectivity index (χ3n) is 5.12. The van der Waals surface area contributed by atoms with Gasteiger partial charge in [0.1, 0.15) is 0 Å². The first-order chi connectivity index (χ1) is 14.5. The molecular formula is C25H33NO4. The van der Waals surface area contributed by atoms with Crippen molar-refractivity contribution in [1.82, 2.24) is 0 Å². The standard InChI is InChI=1S/C25H33NO4/c1-4-6-16-30-25(28)23(22(26)17-18(3)24(27)29-5-2)21-14-12-20(13-15-21)19-10-8-7-9-11-19/h7-15,18,22-23H,4-6,16-17,26H2,1-3H3/t18?,22?,23-/m0/s1. The van der Waals surface area contributed by atoms with Gasteiger partial charge in [-0.2, -0.15) is 0 Å². The molecule has 3 atom stereocenters. The summed E-state index contributed by atoms with van der Waals surface area (Å²) in [6.45, 7) is 6.28. The predicted molar refractivity (Wildman–Crippen MR) is 119 cm³/mol. The van der Waals surface area contributed by atoms with Crippen molar-refractivity contribution in [3.63, 3.8) is 0 Å². The molecule has 30 heavy (non-hydrogen) atoms. The van der Waals surface area contributed by atoms with Gasteiger partial charge in [-0.05, 0) is 36.5 Å². The molecular weight excluding hydrogens is 378 g/mol. The number of esters is 2. The van der Waals surface area contributed by atoms with Crippen LogP contribution in [-0.2, 0) is 19.1 Å². The second-order valence-electron chi connectivity index (χ2n) is 7.54. The SMILES string of the molecule is CCCCOC(=O)[C@@H](c1ccc(-c2ccccc2)cc1)C(N)CC(C)C(=O)OCC. The van der Waals surface area contributed by atoms with Crippen molar-refractivity contribution < 1.29 is 19.1 Å². The van der Waals surface area contributed by atoms with E-state index < -0.39 is 17.9 Å². The maximum absolute atomic E-state index is 12.9. The zero-order valence-electron chi connectivity index (χ0n) is 18.2. The third kappa shape index (κ3) is 6.70. The Morgan fingerprint density at radius 2 is 1.53 bits per heavy atom. The van der Waals surface area contributed by atoms with Crippen LogP contribution in [0.4, 0.5) is 0 Å². The van der Waals surface area contributed by atoms with Crippen LogP contribution in [0.3, 0.4) is 0 Å². The molecule has 0 heterocycles. The highest BCUT2D eigenvalue weighted by atomic mass is 16.5. The minimum absolute atomic E-state index is 0.300. The van der Waals surface area contributed by atoms with Crippen LogP contribution in [0.25, 0.3) is 11.1 Å². The summed E-state index contributed by atoms with van der Waals surface area (Å²) >= 11 is 0. The zero-order valence-corrected chi connectivity index (χ0v) is 18.2. The summed E-state index contributed by atoms with van der Waals surface area (Å²) in [6, 6.07) is 17.3. The number of carbonyl (C=O) groups is 2. The molecule has 0 saturated heterocycles. The van der Waals surface area contributed by atoms with Gasteiger partial charge in [0.05, 0.1) is 25.0 Å². The molecule has 2 N–H and O–H groups in total. The summed E-state index contributed by atoms with van der Waals surface area (Å²) in [5.74, 6) is -1.68. The average molecular weight is 412 g/mol. The van der Waals surface area contributed by atoms with Gasteiger partial charge in [0.25, 0.3) is 0 Å². The summed E-state index contributed by atoms with van der Waals surface area (Å²) in [6.07, 6.45) is 2.09. The molecule has 5 heteroatoms. The molecule has 0 aliphatic carbocycles. The van der Waals surface area contributed by atoms with Gasteiger partial charge >= 0.3 is 11.9 Å². The van der Waals surface area contributed by atoms with E-state index in [1.54, 1.807) is 13.8 Å². The number of benzene rings is 2. The number of rotatable bonds is 11. The molecule has 0 bridgehead atoms. The molecule has 0 radical (unpaired) electrons. The molecule has 0 aromatic heterocycles. The van der Waals surface area contributed by atoms with Gasteiger partial charge in [-0.3, -0.25) is 9.59 Å². The lowest BCUT2D eigenvalue weighted by atomic mass is 9.86. The van der Waals surface area contributed by atoms with Gasteiger partial charge in [0.15, 0.2) is 0 Å². The van der Waals surface area contributed by atoms with E-state index in [1.807, 2.05) is 61.5 Å². The molecule has 0 fully saturated rings. The number of nitrogens with two attached hydrogens (primary N) is 1. The quantitative estimate of drug-likeness (QED) is 0.428. The smallest absolute Gasteiger partial charge is 0.315 e. The number of carbonyl (C=O) groups excluding carboxylic acids is 2. The summed E-state index contributed by atoms with van der Waals surface area (Å²) < 4.78 is 10.6. The second-order valence-corrected chi connectivity index (χ2v) is 7.54. The molecule has 162 valence electrons. The first-order valence-corrected chi connectivity index (χ1v) is 10.7. The van der Waals surface area contributed by atoms with E-state index in [4.69, 9.17) is 15.2 Å². The summed E-state index contributed by atoms with van der Waals surface area (Å²) in [5, 5.41) is 0. The Hall–Kier alpha value is -2.66. The number of hydrogen-bond donors (Lipinski definition) is 1. The lowest BCUT2D eigenvalue weighted by Gasteiger charge is -2.25. The molecule has 0 aliphatic rings. The Morgan fingerprint density at radius 1 is 0.900 bits per heavy atom. The Balaban J connectivity index is 2.22. The van der Waals surface area contributed by atoms with Gasteiger partial charge in [0, 0.05) is 6.04 Å². The molecule has 0 saturated carbocycles. The fraction of sp³-hybridized carbons (Fsp3) is 0.440. The van der Waals surface area contributed by atoms with Gasteiger partial charge < -0.3 is 15.2 Å². The largest absolute Gasteiger partial charge is 0.466 e. The van der Waals surface area contributed by atoms with Crippen molar-refractivity contribution in [2.75, 3.05) is 13.2 Å². The Bertz CT molecular complexity index is 789. The van der Waals surface area contributed by atoms with Crippen LogP contribution < -0.4 is 5.73 Å². The van der Waals surface area contributed by atoms with E-state index >= 15 is 0 Å². The minimum Gasteiger partial charge on any atom is -0.466 e. The molecule has 0 amide bonds. The van der Waals surface area contributed by atoms with E-state index in [2.05, 4.69) is 0 Å². The van der Waals surface area contributed by atoms with E-state index in [0.717, 1.165) is 29.5 Å². The summed E-state index contributed by atoms with van der Waals surface area (Å²) in [5.41, 5.74) is 9.39. The first kappa shape index (κ1) is 23.6. The topological polar surface area (TPSA) is 78.6 Å². The van der Waals surface area contributed by atoms with Crippen molar-refractivity contribution in [2.24, 2.45) is 11.7 Å². The maximum Gasteiger partial charge on any atom is 0.315 e. The monoisotopic (exact) mass is 411 g/mol. The van der Waals surface area contributed by atoms with Crippen LogP contribution in [0.5, 0.6) is 0 Å². The highest BCUT2D eigenvalue weighted by molar-refractivity contribution is 5.80. The van der Waals surface area contributed by atoms with Crippen molar-refractivity contribution in [2.45, 2.75) is 52.0 Å². The molecule has 0 spiro atoms. The van der Waals surface area contributed by atoms with Crippen molar-refractivity contribution in [3.05, 3.63) is 60.2 Å². The molecule has 2 unspecified atom stereocenters. The summed E-state index contributed by atoms with van der Waals surface area (Å²) in [7, 11) is 0. The minimum atomic E-state index is -0.636. The maximum atomic E-state index is 12.9. The van der Waals surface area contributed by atoms with Crippen LogP contribution in [0, 0.1) is 5.92 Å². The lowest BCUT2D eigenvalue weighted by molar-refractivity contribution is -0.150. The van der Waals surface area contributed by atoms with E-state index in [-0.39, 0.29) is 11.9 Å². The van der Waals surface area contributed by atoms with Crippen LogP contribution in [-0.4, -0.2) is 31.2 Å². The molecule has 0 aliphatic heterocycles. The van der Waals surface area contributed by atoms with Crippen LogP contribution >= 0.6 is 0 Å². The second kappa shape index (κ2) is 12.1. The Kier molecular flexibility index (Phi) is 9.55. The van der Waals surface area contributed by atoms with Gasteiger partial charge in [-0.15, -0.1) is 0 Å². The molecule has 2 aromatic rings.